The predicted molar refractivity (Wildman–Crippen MR) is 343 cm³/mol. The second-order valence-electron chi connectivity index (χ2n) is 22.0. The largest absolute Gasteiger partial charge is 0.462 e. The quantitative estimate of drug-likeness (QED) is 0.0261. The van der Waals surface area contributed by atoms with Crippen LogP contribution >= 0.6 is 0 Å². The van der Waals surface area contributed by atoms with Crippen molar-refractivity contribution in [2.75, 3.05) is 13.2 Å². The highest BCUT2D eigenvalue weighted by Gasteiger charge is 2.19. The number of ether oxygens (including phenoxy) is 3. The second kappa shape index (κ2) is 66.6. The molecular formula is C73H124O6. The van der Waals surface area contributed by atoms with Crippen molar-refractivity contribution in [3.05, 3.63) is 109 Å². The monoisotopic (exact) mass is 1100 g/mol. The van der Waals surface area contributed by atoms with Crippen LogP contribution in [0.1, 0.15) is 316 Å². The molecule has 0 aromatic carbocycles. The Morgan fingerprint density at radius 3 is 0.810 bits per heavy atom. The molecule has 0 aromatic rings. The van der Waals surface area contributed by atoms with Crippen LogP contribution in [0.15, 0.2) is 109 Å². The van der Waals surface area contributed by atoms with Gasteiger partial charge in [-0.2, -0.15) is 0 Å². The minimum atomic E-state index is -0.787. The minimum Gasteiger partial charge on any atom is -0.462 e. The fraction of sp³-hybridized carbons (Fsp3) is 0.712. The van der Waals surface area contributed by atoms with Crippen LogP contribution in [0.4, 0.5) is 0 Å². The first-order chi connectivity index (χ1) is 39.0. The van der Waals surface area contributed by atoms with E-state index in [1.54, 1.807) is 0 Å². The first-order valence-corrected chi connectivity index (χ1v) is 33.4. The summed E-state index contributed by atoms with van der Waals surface area (Å²) in [7, 11) is 0. The van der Waals surface area contributed by atoms with Gasteiger partial charge in [0.25, 0.3) is 0 Å². The highest BCUT2D eigenvalue weighted by molar-refractivity contribution is 5.71. The van der Waals surface area contributed by atoms with Crippen LogP contribution in [-0.2, 0) is 28.6 Å². The van der Waals surface area contributed by atoms with E-state index in [-0.39, 0.29) is 31.1 Å². The van der Waals surface area contributed by atoms with Crippen molar-refractivity contribution in [3.63, 3.8) is 0 Å². The summed E-state index contributed by atoms with van der Waals surface area (Å²) in [6.45, 7) is 6.50. The molecule has 1 atom stereocenters. The Labute approximate surface area is 489 Å². The maximum absolute atomic E-state index is 12.9. The average Bonchev–Trinajstić information content (AvgIpc) is 3.45. The smallest absolute Gasteiger partial charge is 0.306 e. The van der Waals surface area contributed by atoms with Gasteiger partial charge in [-0.3, -0.25) is 14.4 Å². The molecule has 0 fully saturated rings. The van der Waals surface area contributed by atoms with Crippen molar-refractivity contribution in [3.8, 4) is 0 Å². The molecule has 0 saturated carbocycles. The van der Waals surface area contributed by atoms with E-state index in [2.05, 4.69) is 130 Å². The van der Waals surface area contributed by atoms with Crippen molar-refractivity contribution < 1.29 is 28.6 Å². The van der Waals surface area contributed by atoms with E-state index < -0.39 is 6.10 Å². The van der Waals surface area contributed by atoms with E-state index in [4.69, 9.17) is 14.2 Å². The van der Waals surface area contributed by atoms with Gasteiger partial charge in [-0.05, 0) is 128 Å². The van der Waals surface area contributed by atoms with Crippen LogP contribution in [0.25, 0.3) is 0 Å². The highest BCUT2D eigenvalue weighted by Crippen LogP contribution is 2.16. The lowest BCUT2D eigenvalue weighted by Crippen LogP contribution is -2.30. The van der Waals surface area contributed by atoms with E-state index in [9.17, 15) is 14.4 Å². The first-order valence-electron chi connectivity index (χ1n) is 33.4. The van der Waals surface area contributed by atoms with E-state index in [0.29, 0.717) is 19.3 Å². The average molecular weight is 1100 g/mol. The molecule has 0 saturated heterocycles. The molecule has 0 N–H and O–H groups in total. The van der Waals surface area contributed by atoms with Crippen LogP contribution in [0.5, 0.6) is 0 Å². The Hall–Kier alpha value is -3.93. The molecule has 0 rings (SSSR count). The third-order valence-corrected chi connectivity index (χ3v) is 14.2. The number of esters is 3. The fourth-order valence-electron chi connectivity index (χ4n) is 9.24. The minimum absolute atomic E-state index is 0.0842. The number of allylic oxidation sites excluding steroid dienone is 18. The summed E-state index contributed by atoms with van der Waals surface area (Å²) in [5, 5.41) is 0. The van der Waals surface area contributed by atoms with Crippen molar-refractivity contribution in [2.45, 2.75) is 322 Å². The van der Waals surface area contributed by atoms with Gasteiger partial charge in [0.05, 0.1) is 0 Å². The number of carbonyl (C=O) groups excluding carboxylic acids is 3. The zero-order valence-corrected chi connectivity index (χ0v) is 51.9. The summed E-state index contributed by atoms with van der Waals surface area (Å²) < 4.78 is 16.9. The van der Waals surface area contributed by atoms with Crippen molar-refractivity contribution in [1.82, 2.24) is 0 Å². The van der Waals surface area contributed by atoms with Crippen molar-refractivity contribution in [1.29, 1.82) is 0 Å². The zero-order valence-electron chi connectivity index (χ0n) is 51.9. The highest BCUT2D eigenvalue weighted by atomic mass is 16.6. The Bertz CT molecular complexity index is 1590. The Balaban J connectivity index is 4.22. The summed E-state index contributed by atoms with van der Waals surface area (Å²) in [5.74, 6) is -0.896. The lowest BCUT2D eigenvalue weighted by Gasteiger charge is -2.18. The van der Waals surface area contributed by atoms with Gasteiger partial charge in [0.2, 0.25) is 0 Å². The lowest BCUT2D eigenvalue weighted by molar-refractivity contribution is -0.167. The van der Waals surface area contributed by atoms with Gasteiger partial charge >= 0.3 is 17.9 Å². The molecule has 0 aliphatic carbocycles. The molecule has 0 aliphatic heterocycles. The first kappa shape index (κ1) is 75.1. The number of rotatable bonds is 60. The second-order valence-corrected chi connectivity index (χ2v) is 22.0. The van der Waals surface area contributed by atoms with E-state index in [1.165, 1.54) is 154 Å². The number of hydrogen-bond acceptors (Lipinski definition) is 6. The molecule has 0 aromatic heterocycles. The topological polar surface area (TPSA) is 78.9 Å². The van der Waals surface area contributed by atoms with Gasteiger partial charge in [0, 0.05) is 19.3 Å². The lowest BCUT2D eigenvalue weighted by atomic mass is 10.0. The Morgan fingerprint density at radius 1 is 0.266 bits per heavy atom. The predicted octanol–water partition coefficient (Wildman–Crippen LogP) is 23.0. The number of carbonyl (C=O) groups is 3. The standard InChI is InChI=1S/C73H124O6/c1-4-7-10-13-16-19-22-25-27-29-30-31-32-33-34-35-36-37-38-39-40-41-42-43-44-45-47-48-51-54-57-60-63-66-72(75)78-69-70(68-77-71(74)65-62-59-56-53-50-24-21-18-15-12-9-6-3)79-73(76)67-64-61-58-55-52-49-46-28-26-23-20-17-14-11-8-5-2/h7,10,16,18-19,21,25,27-28,30-31,33-34,36-37,39-40,46,70H,4-6,8-9,11-15,17,20,22-24,26,29,32,35,38,41-45,47-69H2,1-3H3/b10-7-,19-16-,21-18-,27-25-,31-30-,34-33-,37-36-,40-39-,46-28-. The molecule has 0 aliphatic rings. The fourth-order valence-corrected chi connectivity index (χ4v) is 9.24. The molecule has 0 spiro atoms. The number of unbranched alkanes of at least 4 members (excludes halogenated alkanes) is 31. The molecule has 452 valence electrons. The molecule has 79 heavy (non-hydrogen) atoms. The molecule has 6 nitrogen and oxygen atoms in total. The summed E-state index contributed by atoms with van der Waals surface area (Å²) in [6, 6.07) is 0. The molecule has 0 bridgehead atoms. The van der Waals surface area contributed by atoms with Gasteiger partial charge in [-0.15, -0.1) is 0 Å². The summed E-state index contributed by atoms with van der Waals surface area (Å²) >= 11 is 0. The van der Waals surface area contributed by atoms with Crippen molar-refractivity contribution >= 4 is 17.9 Å². The molecule has 1 unspecified atom stereocenters. The van der Waals surface area contributed by atoms with Gasteiger partial charge in [-0.1, -0.05) is 278 Å². The van der Waals surface area contributed by atoms with Crippen LogP contribution < -0.4 is 0 Å². The Kier molecular flexibility index (Phi) is 63.3. The van der Waals surface area contributed by atoms with Gasteiger partial charge in [0.1, 0.15) is 13.2 Å². The molecule has 0 heterocycles. The maximum Gasteiger partial charge on any atom is 0.306 e. The van der Waals surface area contributed by atoms with E-state index in [0.717, 1.165) is 122 Å². The molecular weight excluding hydrogens is 973 g/mol. The molecule has 6 heteroatoms. The Morgan fingerprint density at radius 2 is 0.494 bits per heavy atom. The SMILES string of the molecule is CC/C=C\C/C=C\C/C=C\C/C=C\C/C=C\C/C=C\C/C=C\CCCCCCCCCCCCCC(=O)OCC(COC(=O)CCCCCCC/C=C\CCCCC)OC(=O)CCCCCCC/C=C\CCCCCCCCC. The molecule has 0 amide bonds. The van der Waals surface area contributed by atoms with Gasteiger partial charge < -0.3 is 14.2 Å². The van der Waals surface area contributed by atoms with Gasteiger partial charge in [0.15, 0.2) is 6.10 Å². The molecule has 0 radical (unpaired) electrons. The van der Waals surface area contributed by atoms with Crippen LogP contribution in [-0.4, -0.2) is 37.2 Å². The van der Waals surface area contributed by atoms with E-state index in [1.807, 2.05) is 0 Å². The van der Waals surface area contributed by atoms with Crippen LogP contribution in [0, 0.1) is 0 Å². The third kappa shape index (κ3) is 64.8. The van der Waals surface area contributed by atoms with Crippen LogP contribution in [0.2, 0.25) is 0 Å². The summed E-state index contributed by atoms with van der Waals surface area (Å²) in [6.07, 6.45) is 91.1. The van der Waals surface area contributed by atoms with Crippen molar-refractivity contribution in [2.24, 2.45) is 0 Å². The van der Waals surface area contributed by atoms with Gasteiger partial charge in [-0.25, -0.2) is 0 Å². The zero-order chi connectivity index (χ0) is 57.1. The number of hydrogen-bond donors (Lipinski definition) is 0. The summed E-state index contributed by atoms with van der Waals surface area (Å²) in [4.78, 5) is 38.3. The third-order valence-electron chi connectivity index (χ3n) is 14.2. The summed E-state index contributed by atoms with van der Waals surface area (Å²) in [5.41, 5.74) is 0. The van der Waals surface area contributed by atoms with Crippen LogP contribution in [0.3, 0.4) is 0 Å². The maximum atomic E-state index is 12.9. The van der Waals surface area contributed by atoms with E-state index >= 15 is 0 Å². The normalized spacial score (nSPS) is 12.8.